The number of carbonyl (C=O) groups excluding carboxylic acids is 1. The standard InChI is InChI=1S/C28H30N2O2/c1-27(2,3)20-11-7-18(8-12-20)25(31)29-22-15-16-24-23(17-22)30-26(32-24)19-9-13-21(14-10-19)28(4,5)6/h7-17H,1-6H3,(H,29,31). The van der Waals surface area contributed by atoms with E-state index in [1.807, 2.05) is 54.6 Å². The van der Waals surface area contributed by atoms with Crippen LogP contribution in [0.1, 0.15) is 63.0 Å². The number of hydrogen-bond acceptors (Lipinski definition) is 3. The smallest absolute Gasteiger partial charge is 0.255 e. The van der Waals surface area contributed by atoms with Crippen LogP contribution in [0.2, 0.25) is 0 Å². The molecule has 0 unspecified atom stereocenters. The molecule has 0 fully saturated rings. The topological polar surface area (TPSA) is 55.1 Å². The van der Waals surface area contributed by atoms with Gasteiger partial charge in [-0.3, -0.25) is 4.79 Å². The second-order valence-electron chi connectivity index (χ2n) is 10.3. The van der Waals surface area contributed by atoms with E-state index in [1.165, 1.54) is 11.1 Å². The highest BCUT2D eigenvalue weighted by atomic mass is 16.3. The van der Waals surface area contributed by atoms with Crippen LogP contribution in [0.4, 0.5) is 5.69 Å². The van der Waals surface area contributed by atoms with E-state index in [2.05, 4.69) is 64.0 Å². The molecular formula is C28H30N2O2. The molecule has 4 heteroatoms. The van der Waals surface area contributed by atoms with E-state index in [4.69, 9.17) is 4.42 Å². The summed E-state index contributed by atoms with van der Waals surface area (Å²) in [6.07, 6.45) is 0. The fourth-order valence-corrected chi connectivity index (χ4v) is 3.57. The van der Waals surface area contributed by atoms with Gasteiger partial charge in [0.05, 0.1) is 0 Å². The van der Waals surface area contributed by atoms with Gasteiger partial charge in [0.15, 0.2) is 5.58 Å². The Labute approximate surface area is 189 Å². The molecule has 164 valence electrons. The van der Waals surface area contributed by atoms with E-state index in [-0.39, 0.29) is 16.7 Å². The van der Waals surface area contributed by atoms with Gasteiger partial charge in [0.2, 0.25) is 5.89 Å². The maximum atomic E-state index is 12.7. The summed E-state index contributed by atoms with van der Waals surface area (Å²) in [6, 6.07) is 21.6. The number of nitrogens with one attached hydrogen (secondary N) is 1. The summed E-state index contributed by atoms with van der Waals surface area (Å²) in [5.74, 6) is 0.424. The Kier molecular flexibility index (Phi) is 5.41. The number of carbonyl (C=O) groups is 1. The summed E-state index contributed by atoms with van der Waals surface area (Å²) in [6.45, 7) is 13.0. The van der Waals surface area contributed by atoms with Crippen LogP contribution in [0.25, 0.3) is 22.6 Å². The molecule has 0 saturated carbocycles. The lowest BCUT2D eigenvalue weighted by molar-refractivity contribution is 0.102. The van der Waals surface area contributed by atoms with Crippen LogP contribution in [0.3, 0.4) is 0 Å². The lowest BCUT2D eigenvalue weighted by atomic mass is 9.87. The third-order valence-electron chi connectivity index (χ3n) is 5.66. The van der Waals surface area contributed by atoms with Gasteiger partial charge in [-0.15, -0.1) is 0 Å². The Morgan fingerprint density at radius 3 is 1.91 bits per heavy atom. The molecule has 32 heavy (non-hydrogen) atoms. The van der Waals surface area contributed by atoms with Crippen molar-refractivity contribution < 1.29 is 9.21 Å². The van der Waals surface area contributed by atoms with Crippen molar-refractivity contribution in [1.29, 1.82) is 0 Å². The van der Waals surface area contributed by atoms with Crippen molar-refractivity contribution >= 4 is 22.7 Å². The van der Waals surface area contributed by atoms with Crippen molar-refractivity contribution in [1.82, 2.24) is 4.98 Å². The third kappa shape index (κ3) is 4.59. The monoisotopic (exact) mass is 426 g/mol. The predicted octanol–water partition coefficient (Wildman–Crippen LogP) is 7.34. The van der Waals surface area contributed by atoms with Crippen LogP contribution in [-0.2, 0) is 10.8 Å². The molecule has 1 amide bonds. The summed E-state index contributed by atoms with van der Waals surface area (Å²) in [7, 11) is 0. The van der Waals surface area contributed by atoms with Gasteiger partial charge in [0.25, 0.3) is 5.91 Å². The largest absolute Gasteiger partial charge is 0.436 e. The van der Waals surface area contributed by atoms with Crippen molar-refractivity contribution in [3.8, 4) is 11.5 Å². The molecule has 0 atom stereocenters. The number of hydrogen-bond donors (Lipinski definition) is 1. The van der Waals surface area contributed by atoms with E-state index in [0.717, 1.165) is 5.56 Å². The van der Waals surface area contributed by atoms with Gasteiger partial charge in [0, 0.05) is 16.8 Å². The van der Waals surface area contributed by atoms with Gasteiger partial charge in [-0.2, -0.15) is 0 Å². The molecule has 0 spiro atoms. The van der Waals surface area contributed by atoms with Crippen molar-refractivity contribution in [2.45, 2.75) is 52.4 Å². The molecule has 0 aliphatic carbocycles. The minimum Gasteiger partial charge on any atom is -0.436 e. The van der Waals surface area contributed by atoms with Crippen molar-refractivity contribution in [2.24, 2.45) is 0 Å². The van der Waals surface area contributed by atoms with Gasteiger partial charge < -0.3 is 9.73 Å². The number of oxazole rings is 1. The normalized spacial score (nSPS) is 12.2. The Hall–Kier alpha value is -3.40. The number of fused-ring (bicyclic) bond motifs is 1. The van der Waals surface area contributed by atoms with Crippen LogP contribution in [-0.4, -0.2) is 10.9 Å². The number of anilines is 1. The minimum absolute atomic E-state index is 0.0533. The molecule has 4 rings (SSSR count). The van der Waals surface area contributed by atoms with E-state index in [9.17, 15) is 4.79 Å². The molecule has 1 N–H and O–H groups in total. The first kappa shape index (κ1) is 21.8. The van der Waals surface area contributed by atoms with E-state index < -0.39 is 0 Å². The highest BCUT2D eigenvalue weighted by Crippen LogP contribution is 2.29. The van der Waals surface area contributed by atoms with Crippen molar-refractivity contribution in [3.05, 3.63) is 83.4 Å². The molecule has 0 bridgehead atoms. The summed E-state index contributed by atoms with van der Waals surface area (Å²) in [4.78, 5) is 17.3. The average Bonchev–Trinajstić information content (AvgIpc) is 3.16. The first-order valence-electron chi connectivity index (χ1n) is 10.9. The van der Waals surface area contributed by atoms with Crippen LogP contribution in [0.15, 0.2) is 71.1 Å². The minimum atomic E-state index is -0.147. The highest BCUT2D eigenvalue weighted by Gasteiger charge is 2.16. The van der Waals surface area contributed by atoms with Crippen molar-refractivity contribution in [2.75, 3.05) is 5.32 Å². The molecule has 4 nitrogen and oxygen atoms in total. The number of amides is 1. The maximum absolute atomic E-state index is 12.7. The Bertz CT molecular complexity index is 1250. The Morgan fingerprint density at radius 1 is 0.781 bits per heavy atom. The van der Waals surface area contributed by atoms with Gasteiger partial charge in [-0.1, -0.05) is 65.8 Å². The predicted molar refractivity (Wildman–Crippen MR) is 131 cm³/mol. The zero-order valence-electron chi connectivity index (χ0n) is 19.6. The summed E-state index contributed by atoms with van der Waals surface area (Å²) >= 11 is 0. The summed E-state index contributed by atoms with van der Waals surface area (Å²) < 4.78 is 5.95. The highest BCUT2D eigenvalue weighted by molar-refractivity contribution is 6.05. The molecule has 0 radical (unpaired) electrons. The Balaban J connectivity index is 1.53. The molecular weight excluding hydrogens is 396 g/mol. The first-order chi connectivity index (χ1) is 15.0. The van der Waals surface area contributed by atoms with Crippen LogP contribution >= 0.6 is 0 Å². The maximum Gasteiger partial charge on any atom is 0.255 e. The molecule has 1 heterocycles. The van der Waals surface area contributed by atoms with E-state index in [0.29, 0.717) is 28.2 Å². The molecule has 3 aromatic carbocycles. The van der Waals surface area contributed by atoms with Crippen molar-refractivity contribution in [3.63, 3.8) is 0 Å². The summed E-state index contributed by atoms with van der Waals surface area (Å²) in [5, 5.41) is 2.96. The lowest BCUT2D eigenvalue weighted by Gasteiger charge is -2.19. The van der Waals surface area contributed by atoms with Gasteiger partial charge in [0.1, 0.15) is 5.52 Å². The number of rotatable bonds is 3. The lowest BCUT2D eigenvalue weighted by Crippen LogP contribution is -2.14. The molecule has 0 aliphatic heterocycles. The van der Waals surface area contributed by atoms with Crippen LogP contribution < -0.4 is 5.32 Å². The van der Waals surface area contributed by atoms with Gasteiger partial charge >= 0.3 is 0 Å². The van der Waals surface area contributed by atoms with E-state index >= 15 is 0 Å². The zero-order chi connectivity index (χ0) is 23.1. The molecule has 0 aliphatic rings. The second kappa shape index (κ2) is 7.94. The van der Waals surface area contributed by atoms with E-state index in [1.54, 1.807) is 0 Å². The fourth-order valence-electron chi connectivity index (χ4n) is 3.57. The quantitative estimate of drug-likeness (QED) is 0.373. The SMILES string of the molecule is CC(C)(C)c1ccc(C(=O)Nc2ccc3oc(-c4ccc(C(C)(C)C)cc4)nc3c2)cc1. The Morgan fingerprint density at radius 2 is 1.34 bits per heavy atom. The zero-order valence-corrected chi connectivity index (χ0v) is 19.6. The fraction of sp³-hybridized carbons (Fsp3) is 0.286. The number of nitrogens with zero attached hydrogens (tertiary/aromatic N) is 1. The van der Waals surface area contributed by atoms with Gasteiger partial charge in [-0.25, -0.2) is 4.98 Å². The summed E-state index contributed by atoms with van der Waals surface area (Å²) in [5.41, 5.74) is 6.24. The first-order valence-corrected chi connectivity index (χ1v) is 10.9. The second-order valence-corrected chi connectivity index (χ2v) is 10.3. The average molecular weight is 427 g/mol. The van der Waals surface area contributed by atoms with Gasteiger partial charge in [-0.05, 0) is 64.4 Å². The third-order valence-corrected chi connectivity index (χ3v) is 5.66. The number of benzene rings is 3. The molecule has 0 saturated heterocycles. The van der Waals surface area contributed by atoms with Crippen LogP contribution in [0, 0.1) is 0 Å². The molecule has 4 aromatic rings. The van der Waals surface area contributed by atoms with Crippen LogP contribution in [0.5, 0.6) is 0 Å². The molecule has 1 aromatic heterocycles. The number of aromatic nitrogens is 1.